The minimum Gasteiger partial charge on any atom is -0.452 e. The number of benzene rings is 2. The van der Waals surface area contributed by atoms with Crippen LogP contribution in [0.2, 0.25) is 0 Å². The molecule has 0 aliphatic carbocycles. The highest BCUT2D eigenvalue weighted by molar-refractivity contribution is 7.89. The highest BCUT2D eigenvalue weighted by Gasteiger charge is 2.18. The summed E-state index contributed by atoms with van der Waals surface area (Å²) in [5, 5.41) is 7.53. The second-order valence-electron chi connectivity index (χ2n) is 5.79. The van der Waals surface area contributed by atoms with Gasteiger partial charge in [-0.1, -0.05) is 24.3 Å². The molecule has 2 aromatic rings. The number of ether oxygens (including phenoxy) is 1. The summed E-state index contributed by atoms with van der Waals surface area (Å²) in [5.74, 6) is -2.70. The molecule has 0 radical (unpaired) electrons. The number of esters is 1. The van der Waals surface area contributed by atoms with E-state index in [0.717, 1.165) is 29.3 Å². The van der Waals surface area contributed by atoms with Crippen molar-refractivity contribution in [1.82, 2.24) is 5.32 Å². The topological polar surface area (TPSA) is 116 Å². The van der Waals surface area contributed by atoms with E-state index in [1.54, 1.807) is 0 Å². The summed E-state index contributed by atoms with van der Waals surface area (Å²) in [6, 6.07) is 10.2. The minimum absolute atomic E-state index is 0.344. The third kappa shape index (κ3) is 5.87. The van der Waals surface area contributed by atoms with Crippen LogP contribution in [0.4, 0.5) is 4.39 Å². The zero-order chi connectivity index (χ0) is 20.0. The van der Waals surface area contributed by atoms with Crippen LogP contribution in [-0.4, -0.2) is 33.4 Å². The van der Waals surface area contributed by atoms with Gasteiger partial charge in [-0.15, -0.1) is 0 Å². The van der Waals surface area contributed by atoms with Gasteiger partial charge in [0.15, 0.2) is 6.61 Å². The predicted molar refractivity (Wildman–Crippen MR) is 95.9 cm³/mol. The molecule has 0 aromatic heterocycles. The van der Waals surface area contributed by atoms with Crippen molar-refractivity contribution < 1.29 is 27.1 Å². The Labute approximate surface area is 156 Å². The van der Waals surface area contributed by atoms with Gasteiger partial charge in [-0.3, -0.25) is 4.79 Å². The van der Waals surface area contributed by atoms with Gasteiger partial charge in [0.1, 0.15) is 5.82 Å². The van der Waals surface area contributed by atoms with E-state index in [2.05, 4.69) is 5.32 Å². The number of carbonyl (C=O) groups excluding carboxylic acids is 2. The van der Waals surface area contributed by atoms with Crippen molar-refractivity contribution in [3.63, 3.8) is 0 Å². The van der Waals surface area contributed by atoms with Gasteiger partial charge in [0.25, 0.3) is 5.91 Å². The van der Waals surface area contributed by atoms with E-state index >= 15 is 0 Å². The summed E-state index contributed by atoms with van der Waals surface area (Å²) >= 11 is 0. The number of hydrogen-bond donors (Lipinski definition) is 2. The van der Waals surface area contributed by atoms with E-state index in [0.29, 0.717) is 13.0 Å². The van der Waals surface area contributed by atoms with Crippen molar-refractivity contribution in [2.45, 2.75) is 18.2 Å². The van der Waals surface area contributed by atoms with Gasteiger partial charge in [0.05, 0.1) is 10.5 Å². The van der Waals surface area contributed by atoms with Crippen LogP contribution in [0.5, 0.6) is 0 Å². The summed E-state index contributed by atoms with van der Waals surface area (Å²) in [4.78, 5) is 23.2. The number of sulfonamides is 1. The number of carbonyl (C=O) groups is 2. The lowest BCUT2D eigenvalue weighted by molar-refractivity contribution is -0.124. The number of halogens is 1. The van der Waals surface area contributed by atoms with Crippen LogP contribution in [-0.2, 0) is 26.0 Å². The van der Waals surface area contributed by atoms with Gasteiger partial charge in [0, 0.05) is 6.54 Å². The number of nitrogens with one attached hydrogen (secondary N) is 1. The van der Waals surface area contributed by atoms with Crippen LogP contribution in [0.3, 0.4) is 0 Å². The van der Waals surface area contributed by atoms with Gasteiger partial charge in [-0.2, -0.15) is 0 Å². The standard InChI is InChI=1S/C18H19FN2O5S/c1-12-4-2-3-5-13(12)8-9-21-17(22)11-26-18(23)15-10-14(27(20,24)25)6-7-16(15)19/h2-7,10H,8-9,11H2,1H3,(H,21,22)(H2,20,24,25). The third-order valence-electron chi connectivity index (χ3n) is 3.80. The largest absolute Gasteiger partial charge is 0.452 e. The molecule has 1 amide bonds. The fourth-order valence-corrected chi connectivity index (χ4v) is 2.86. The zero-order valence-corrected chi connectivity index (χ0v) is 15.4. The quantitative estimate of drug-likeness (QED) is 0.687. The molecule has 0 aliphatic heterocycles. The Morgan fingerprint density at radius 2 is 1.89 bits per heavy atom. The SMILES string of the molecule is Cc1ccccc1CCNC(=O)COC(=O)c1cc(S(N)(=O)=O)ccc1F. The van der Waals surface area contributed by atoms with E-state index in [1.807, 2.05) is 31.2 Å². The Balaban J connectivity index is 1.88. The molecule has 0 unspecified atom stereocenters. The van der Waals surface area contributed by atoms with Gasteiger partial charge in [-0.05, 0) is 42.7 Å². The number of primary sulfonamides is 1. The summed E-state index contributed by atoms with van der Waals surface area (Å²) in [5.41, 5.74) is 1.56. The van der Waals surface area contributed by atoms with Crippen molar-refractivity contribution in [2.75, 3.05) is 13.2 Å². The van der Waals surface area contributed by atoms with Gasteiger partial charge >= 0.3 is 5.97 Å². The monoisotopic (exact) mass is 394 g/mol. The lowest BCUT2D eigenvalue weighted by atomic mass is 10.1. The Morgan fingerprint density at radius 1 is 1.19 bits per heavy atom. The van der Waals surface area contributed by atoms with Crippen molar-refractivity contribution in [3.8, 4) is 0 Å². The minimum atomic E-state index is -4.10. The lowest BCUT2D eigenvalue weighted by Gasteiger charge is -2.09. The predicted octanol–water partition coefficient (Wildman–Crippen LogP) is 1.30. The molecule has 0 heterocycles. The van der Waals surface area contributed by atoms with Crippen molar-refractivity contribution in [2.24, 2.45) is 5.14 Å². The van der Waals surface area contributed by atoms with Crippen molar-refractivity contribution in [1.29, 1.82) is 0 Å². The molecule has 0 saturated heterocycles. The van der Waals surface area contributed by atoms with Crippen LogP contribution < -0.4 is 10.5 Å². The van der Waals surface area contributed by atoms with Crippen molar-refractivity contribution in [3.05, 3.63) is 65.0 Å². The van der Waals surface area contributed by atoms with E-state index in [4.69, 9.17) is 9.88 Å². The first-order valence-electron chi connectivity index (χ1n) is 7.99. The Kier molecular flexibility index (Phi) is 6.65. The van der Waals surface area contributed by atoms with E-state index in [9.17, 15) is 22.4 Å². The molecule has 2 aromatic carbocycles. The summed E-state index contributed by atoms with van der Waals surface area (Å²) in [7, 11) is -4.10. The molecule has 7 nitrogen and oxygen atoms in total. The molecule has 9 heteroatoms. The zero-order valence-electron chi connectivity index (χ0n) is 14.6. The number of aryl methyl sites for hydroxylation is 1. The Hall–Kier alpha value is -2.78. The van der Waals surface area contributed by atoms with Crippen LogP contribution in [0.15, 0.2) is 47.4 Å². The van der Waals surface area contributed by atoms with Gasteiger partial charge in [-0.25, -0.2) is 22.7 Å². The first kappa shape index (κ1) is 20.5. The van der Waals surface area contributed by atoms with Crippen LogP contribution in [0.25, 0.3) is 0 Å². The highest BCUT2D eigenvalue weighted by Crippen LogP contribution is 2.15. The number of hydrogen-bond acceptors (Lipinski definition) is 5. The molecular weight excluding hydrogens is 375 g/mol. The molecule has 0 aliphatic rings. The molecule has 0 fully saturated rings. The first-order chi connectivity index (χ1) is 12.7. The van der Waals surface area contributed by atoms with Crippen LogP contribution >= 0.6 is 0 Å². The Morgan fingerprint density at radius 3 is 2.56 bits per heavy atom. The average Bonchev–Trinajstić information content (AvgIpc) is 2.60. The summed E-state index contributed by atoms with van der Waals surface area (Å²) < 4.78 is 41.0. The molecule has 0 atom stereocenters. The molecule has 0 spiro atoms. The van der Waals surface area contributed by atoms with E-state index in [1.165, 1.54) is 0 Å². The lowest BCUT2D eigenvalue weighted by Crippen LogP contribution is -2.30. The summed E-state index contributed by atoms with van der Waals surface area (Å²) in [6.07, 6.45) is 0.609. The molecule has 27 heavy (non-hydrogen) atoms. The van der Waals surface area contributed by atoms with E-state index < -0.39 is 44.8 Å². The molecule has 0 saturated carbocycles. The maximum Gasteiger partial charge on any atom is 0.341 e. The molecule has 2 rings (SSSR count). The molecule has 3 N–H and O–H groups in total. The summed E-state index contributed by atoms with van der Waals surface area (Å²) in [6.45, 7) is 1.69. The van der Waals surface area contributed by atoms with Crippen molar-refractivity contribution >= 4 is 21.9 Å². The average molecular weight is 394 g/mol. The van der Waals surface area contributed by atoms with E-state index in [-0.39, 0.29) is 0 Å². The number of rotatable bonds is 7. The fraction of sp³-hybridized carbons (Fsp3) is 0.222. The molecular formula is C18H19FN2O5S. The first-order valence-corrected chi connectivity index (χ1v) is 9.54. The van der Waals surface area contributed by atoms with Crippen LogP contribution in [0.1, 0.15) is 21.5 Å². The molecule has 0 bridgehead atoms. The maximum absolute atomic E-state index is 13.7. The second kappa shape index (κ2) is 8.74. The van der Waals surface area contributed by atoms with Crippen LogP contribution in [0, 0.1) is 12.7 Å². The molecule has 144 valence electrons. The number of amides is 1. The third-order valence-corrected chi connectivity index (χ3v) is 4.71. The number of nitrogens with two attached hydrogens (primary N) is 1. The normalized spacial score (nSPS) is 11.1. The second-order valence-corrected chi connectivity index (χ2v) is 7.35. The van der Waals surface area contributed by atoms with Gasteiger partial charge in [0.2, 0.25) is 10.0 Å². The smallest absolute Gasteiger partial charge is 0.341 e. The highest BCUT2D eigenvalue weighted by atomic mass is 32.2. The van der Waals surface area contributed by atoms with Gasteiger partial charge < -0.3 is 10.1 Å². The maximum atomic E-state index is 13.7. The Bertz CT molecular complexity index is 960. The fourth-order valence-electron chi connectivity index (χ4n) is 2.32.